The second kappa shape index (κ2) is 5.20. The van der Waals surface area contributed by atoms with Crippen molar-refractivity contribution in [3.63, 3.8) is 0 Å². The number of aromatic amines is 1. The summed E-state index contributed by atoms with van der Waals surface area (Å²) in [7, 11) is 0. The van der Waals surface area contributed by atoms with Crippen LogP contribution in [-0.2, 0) is 12.0 Å². The molecule has 0 bridgehead atoms. The minimum Gasteiger partial charge on any atom is -0.369 e. The van der Waals surface area contributed by atoms with E-state index >= 15 is 0 Å². The predicted molar refractivity (Wildman–Crippen MR) is 83.3 cm³/mol. The van der Waals surface area contributed by atoms with Crippen LogP contribution in [0.5, 0.6) is 0 Å². The Morgan fingerprint density at radius 1 is 1.29 bits per heavy atom. The Kier molecular flexibility index (Phi) is 3.37. The summed E-state index contributed by atoms with van der Waals surface area (Å²) < 4.78 is 1.93. The number of rotatable bonds is 4. The Balaban J connectivity index is 1.81. The van der Waals surface area contributed by atoms with E-state index in [0.717, 1.165) is 29.8 Å². The van der Waals surface area contributed by atoms with E-state index in [4.69, 9.17) is 0 Å². The molecule has 0 atom stereocenters. The van der Waals surface area contributed by atoms with Gasteiger partial charge in [0.1, 0.15) is 12.1 Å². The molecule has 0 unspecified atom stereocenters. The number of nitrogens with one attached hydrogen (secondary N) is 2. The molecule has 0 saturated carbocycles. The van der Waals surface area contributed by atoms with Crippen molar-refractivity contribution in [3.05, 3.63) is 36.5 Å². The zero-order valence-electron chi connectivity index (χ0n) is 12.6. The standard InChI is InChI=1S/C15H20N6/c1-15(2,3)21-14-12(9-20-21)13(18-10-19-14)17-8-6-11-5-4-7-16-11/h4-5,7,9-10,16H,6,8H2,1-3H3,(H,17,18,19). The molecule has 3 rings (SSSR count). The van der Waals surface area contributed by atoms with Crippen LogP contribution in [0, 0.1) is 0 Å². The van der Waals surface area contributed by atoms with Crippen LogP contribution in [0.3, 0.4) is 0 Å². The summed E-state index contributed by atoms with van der Waals surface area (Å²) in [5.74, 6) is 0.835. The highest BCUT2D eigenvalue weighted by Gasteiger charge is 2.19. The van der Waals surface area contributed by atoms with Crippen molar-refractivity contribution >= 4 is 16.9 Å². The fourth-order valence-electron chi connectivity index (χ4n) is 2.31. The van der Waals surface area contributed by atoms with Gasteiger partial charge in [0.05, 0.1) is 17.1 Å². The molecule has 0 fully saturated rings. The molecule has 0 aliphatic heterocycles. The molecule has 0 aromatic carbocycles. The summed E-state index contributed by atoms with van der Waals surface area (Å²) in [4.78, 5) is 11.9. The van der Waals surface area contributed by atoms with Gasteiger partial charge in [-0.3, -0.25) is 0 Å². The minimum atomic E-state index is -0.0996. The van der Waals surface area contributed by atoms with Gasteiger partial charge in [-0.25, -0.2) is 14.6 Å². The van der Waals surface area contributed by atoms with E-state index in [1.807, 2.05) is 23.1 Å². The van der Waals surface area contributed by atoms with Crippen molar-refractivity contribution in [3.8, 4) is 0 Å². The van der Waals surface area contributed by atoms with Crippen LogP contribution in [0.15, 0.2) is 30.9 Å². The molecule has 3 aromatic rings. The molecule has 3 aromatic heterocycles. The monoisotopic (exact) mass is 284 g/mol. The average Bonchev–Trinajstić information content (AvgIpc) is 3.06. The first-order valence-corrected chi connectivity index (χ1v) is 7.11. The molecule has 0 aliphatic carbocycles. The van der Waals surface area contributed by atoms with Gasteiger partial charge in [-0.15, -0.1) is 0 Å². The minimum absolute atomic E-state index is 0.0996. The average molecular weight is 284 g/mol. The highest BCUT2D eigenvalue weighted by atomic mass is 15.3. The normalized spacial score (nSPS) is 12.0. The number of anilines is 1. The second-order valence-corrected chi connectivity index (χ2v) is 6.06. The molecule has 0 saturated heterocycles. The number of aromatic nitrogens is 5. The molecule has 0 spiro atoms. The van der Waals surface area contributed by atoms with Gasteiger partial charge in [-0.2, -0.15) is 5.10 Å². The Hall–Kier alpha value is -2.37. The highest BCUT2D eigenvalue weighted by Crippen LogP contribution is 2.23. The lowest BCUT2D eigenvalue weighted by molar-refractivity contribution is 0.366. The smallest absolute Gasteiger partial charge is 0.163 e. The van der Waals surface area contributed by atoms with Crippen molar-refractivity contribution in [2.24, 2.45) is 0 Å². The molecule has 21 heavy (non-hydrogen) atoms. The SMILES string of the molecule is CC(C)(C)n1ncc2c(NCCc3ccc[nH]3)ncnc21. The van der Waals surface area contributed by atoms with E-state index in [2.05, 4.69) is 52.2 Å². The Labute approximate surface area is 123 Å². The quantitative estimate of drug-likeness (QED) is 0.772. The summed E-state index contributed by atoms with van der Waals surface area (Å²) in [5.41, 5.74) is 1.97. The van der Waals surface area contributed by atoms with Gasteiger partial charge in [0.15, 0.2) is 5.65 Å². The van der Waals surface area contributed by atoms with Gasteiger partial charge in [-0.05, 0) is 32.9 Å². The van der Waals surface area contributed by atoms with Gasteiger partial charge in [0.2, 0.25) is 0 Å². The fourth-order valence-corrected chi connectivity index (χ4v) is 2.31. The first-order chi connectivity index (χ1) is 10.1. The molecular weight excluding hydrogens is 264 g/mol. The number of fused-ring (bicyclic) bond motifs is 1. The molecular formula is C15H20N6. The lowest BCUT2D eigenvalue weighted by atomic mass is 10.1. The van der Waals surface area contributed by atoms with Crippen LogP contribution < -0.4 is 5.32 Å². The Morgan fingerprint density at radius 2 is 2.14 bits per heavy atom. The first-order valence-electron chi connectivity index (χ1n) is 7.11. The number of H-pyrrole nitrogens is 1. The zero-order chi connectivity index (χ0) is 14.9. The third-order valence-electron chi connectivity index (χ3n) is 3.35. The van der Waals surface area contributed by atoms with Crippen LogP contribution in [0.2, 0.25) is 0 Å². The maximum Gasteiger partial charge on any atom is 0.163 e. The zero-order valence-corrected chi connectivity index (χ0v) is 12.6. The number of hydrogen-bond donors (Lipinski definition) is 2. The molecule has 6 heteroatoms. The van der Waals surface area contributed by atoms with Crippen molar-refractivity contribution in [2.45, 2.75) is 32.7 Å². The van der Waals surface area contributed by atoms with Crippen molar-refractivity contribution < 1.29 is 0 Å². The maximum atomic E-state index is 4.45. The van der Waals surface area contributed by atoms with E-state index in [0.29, 0.717) is 0 Å². The molecule has 0 aliphatic rings. The van der Waals surface area contributed by atoms with Crippen LogP contribution in [0.1, 0.15) is 26.5 Å². The lowest BCUT2D eigenvalue weighted by Gasteiger charge is -2.19. The highest BCUT2D eigenvalue weighted by molar-refractivity contribution is 5.86. The topological polar surface area (TPSA) is 71.4 Å². The Morgan fingerprint density at radius 3 is 2.86 bits per heavy atom. The second-order valence-electron chi connectivity index (χ2n) is 6.06. The van der Waals surface area contributed by atoms with E-state index in [-0.39, 0.29) is 5.54 Å². The maximum absolute atomic E-state index is 4.45. The fraction of sp³-hybridized carbons (Fsp3) is 0.400. The van der Waals surface area contributed by atoms with E-state index in [1.165, 1.54) is 5.69 Å². The van der Waals surface area contributed by atoms with Crippen LogP contribution in [-0.4, -0.2) is 31.3 Å². The summed E-state index contributed by atoms with van der Waals surface area (Å²) in [6.45, 7) is 7.15. The van der Waals surface area contributed by atoms with Gasteiger partial charge < -0.3 is 10.3 Å². The van der Waals surface area contributed by atoms with Crippen LogP contribution in [0.4, 0.5) is 5.82 Å². The van der Waals surface area contributed by atoms with Crippen LogP contribution >= 0.6 is 0 Å². The summed E-state index contributed by atoms with van der Waals surface area (Å²) >= 11 is 0. The molecule has 0 amide bonds. The predicted octanol–water partition coefficient (Wildman–Crippen LogP) is 2.56. The van der Waals surface area contributed by atoms with E-state index in [9.17, 15) is 0 Å². The third-order valence-corrected chi connectivity index (χ3v) is 3.35. The van der Waals surface area contributed by atoms with E-state index in [1.54, 1.807) is 6.33 Å². The molecule has 0 radical (unpaired) electrons. The van der Waals surface area contributed by atoms with Crippen molar-refractivity contribution in [2.75, 3.05) is 11.9 Å². The van der Waals surface area contributed by atoms with Gasteiger partial charge >= 0.3 is 0 Å². The summed E-state index contributed by atoms with van der Waals surface area (Å²) in [6, 6.07) is 4.08. The summed E-state index contributed by atoms with van der Waals surface area (Å²) in [6.07, 6.45) is 6.28. The molecule has 3 heterocycles. The summed E-state index contributed by atoms with van der Waals surface area (Å²) in [5, 5.41) is 8.78. The van der Waals surface area contributed by atoms with Gasteiger partial charge in [0.25, 0.3) is 0 Å². The molecule has 2 N–H and O–H groups in total. The Bertz CT molecular complexity index is 720. The van der Waals surface area contributed by atoms with Gasteiger partial charge in [0, 0.05) is 24.9 Å². The van der Waals surface area contributed by atoms with Crippen molar-refractivity contribution in [1.29, 1.82) is 0 Å². The lowest BCUT2D eigenvalue weighted by Crippen LogP contribution is -2.23. The number of hydrogen-bond acceptors (Lipinski definition) is 4. The van der Waals surface area contributed by atoms with E-state index < -0.39 is 0 Å². The van der Waals surface area contributed by atoms with Gasteiger partial charge in [-0.1, -0.05) is 0 Å². The van der Waals surface area contributed by atoms with Crippen LogP contribution in [0.25, 0.3) is 11.0 Å². The molecule has 110 valence electrons. The third kappa shape index (κ3) is 2.74. The largest absolute Gasteiger partial charge is 0.369 e. The first kappa shape index (κ1) is 13.6. The van der Waals surface area contributed by atoms with Crippen molar-refractivity contribution in [1.82, 2.24) is 24.7 Å². The molecule has 6 nitrogen and oxygen atoms in total. The number of nitrogens with zero attached hydrogens (tertiary/aromatic N) is 4.